The molecule has 0 saturated carbocycles. The third kappa shape index (κ3) is 5.65. The van der Waals surface area contributed by atoms with Crippen LogP contribution in [0.3, 0.4) is 0 Å². The summed E-state index contributed by atoms with van der Waals surface area (Å²) in [7, 11) is 1.91. The van der Waals surface area contributed by atoms with Crippen molar-refractivity contribution >= 4 is 17.7 Å². The Bertz CT molecular complexity index is 362. The van der Waals surface area contributed by atoms with E-state index in [2.05, 4.69) is 52.6 Å². The Morgan fingerprint density at radius 3 is 2.64 bits per heavy atom. The minimum atomic E-state index is 0.334. The van der Waals surface area contributed by atoms with E-state index in [0.29, 0.717) is 4.75 Å². The van der Waals surface area contributed by atoms with Crippen LogP contribution in [0.1, 0.15) is 40.0 Å². The highest BCUT2D eigenvalue weighted by Crippen LogP contribution is 2.29. The van der Waals surface area contributed by atoms with Crippen molar-refractivity contribution in [3.63, 3.8) is 0 Å². The Morgan fingerprint density at radius 1 is 1.27 bits per heavy atom. The standard InChI is InChI=1S/C17H34N4S/c1-15-6-10-20(11-7-15)9-5-8-19-16(18-4)21-12-13-22-17(2,3)14-21/h15H,5-14H2,1-4H3,(H,18,19). The lowest BCUT2D eigenvalue weighted by Gasteiger charge is -2.39. The molecule has 0 unspecified atom stereocenters. The van der Waals surface area contributed by atoms with Crippen LogP contribution >= 0.6 is 11.8 Å². The zero-order valence-electron chi connectivity index (χ0n) is 14.9. The summed E-state index contributed by atoms with van der Waals surface area (Å²) in [5.74, 6) is 3.20. The molecule has 5 heteroatoms. The Kier molecular flexibility index (Phi) is 6.87. The molecule has 2 saturated heterocycles. The van der Waals surface area contributed by atoms with Crippen molar-refractivity contribution in [2.24, 2.45) is 10.9 Å². The van der Waals surface area contributed by atoms with Gasteiger partial charge in [-0.15, -0.1) is 0 Å². The number of guanidine groups is 1. The van der Waals surface area contributed by atoms with Crippen molar-refractivity contribution in [1.82, 2.24) is 15.1 Å². The fourth-order valence-corrected chi connectivity index (χ4v) is 4.43. The van der Waals surface area contributed by atoms with Crippen LogP contribution in [0.15, 0.2) is 4.99 Å². The van der Waals surface area contributed by atoms with E-state index in [1.807, 2.05) is 7.05 Å². The Hall–Kier alpha value is -0.420. The Labute approximate surface area is 141 Å². The van der Waals surface area contributed by atoms with Gasteiger partial charge in [0.15, 0.2) is 5.96 Å². The first kappa shape index (κ1) is 17.9. The molecule has 0 aromatic heterocycles. The van der Waals surface area contributed by atoms with E-state index >= 15 is 0 Å². The van der Waals surface area contributed by atoms with Gasteiger partial charge in [-0.2, -0.15) is 11.8 Å². The first-order valence-electron chi connectivity index (χ1n) is 8.82. The number of hydrogen-bond donors (Lipinski definition) is 1. The van der Waals surface area contributed by atoms with Crippen molar-refractivity contribution in [1.29, 1.82) is 0 Å². The fraction of sp³-hybridized carbons (Fsp3) is 0.941. The SMILES string of the molecule is CN=C(NCCCN1CCC(C)CC1)N1CCSC(C)(C)C1. The van der Waals surface area contributed by atoms with Crippen LogP contribution in [0.5, 0.6) is 0 Å². The lowest BCUT2D eigenvalue weighted by atomic mass is 9.99. The molecule has 4 nitrogen and oxygen atoms in total. The van der Waals surface area contributed by atoms with Crippen LogP contribution < -0.4 is 5.32 Å². The first-order valence-corrected chi connectivity index (χ1v) is 9.80. The number of nitrogens with one attached hydrogen (secondary N) is 1. The molecule has 0 atom stereocenters. The van der Waals surface area contributed by atoms with Crippen LogP contribution in [0.2, 0.25) is 0 Å². The van der Waals surface area contributed by atoms with E-state index in [-0.39, 0.29) is 0 Å². The van der Waals surface area contributed by atoms with Crippen LogP contribution in [0.25, 0.3) is 0 Å². The second-order valence-electron chi connectivity index (χ2n) is 7.38. The fourth-order valence-electron chi connectivity index (χ4n) is 3.32. The van der Waals surface area contributed by atoms with Gasteiger partial charge >= 0.3 is 0 Å². The van der Waals surface area contributed by atoms with E-state index < -0.39 is 0 Å². The molecule has 22 heavy (non-hydrogen) atoms. The van der Waals surface area contributed by atoms with Gasteiger partial charge in [-0.05, 0) is 58.7 Å². The van der Waals surface area contributed by atoms with Crippen molar-refractivity contribution in [3.8, 4) is 0 Å². The highest BCUT2D eigenvalue weighted by atomic mass is 32.2. The smallest absolute Gasteiger partial charge is 0.193 e. The number of thioether (sulfide) groups is 1. The van der Waals surface area contributed by atoms with E-state index in [1.54, 1.807) is 0 Å². The molecule has 2 fully saturated rings. The van der Waals surface area contributed by atoms with E-state index in [9.17, 15) is 0 Å². The summed E-state index contributed by atoms with van der Waals surface area (Å²) in [5, 5.41) is 3.57. The zero-order chi connectivity index (χ0) is 16.0. The molecule has 0 radical (unpaired) electrons. The van der Waals surface area contributed by atoms with Crippen LogP contribution in [-0.2, 0) is 0 Å². The molecule has 128 valence electrons. The highest BCUT2D eigenvalue weighted by Gasteiger charge is 2.28. The van der Waals surface area contributed by atoms with Crippen molar-refractivity contribution in [2.75, 3.05) is 52.1 Å². The summed E-state index contributed by atoms with van der Waals surface area (Å²) in [6.45, 7) is 14.0. The van der Waals surface area contributed by atoms with Gasteiger partial charge in [0.05, 0.1) is 0 Å². The van der Waals surface area contributed by atoms with Crippen LogP contribution in [0.4, 0.5) is 0 Å². The molecule has 2 rings (SSSR count). The lowest BCUT2D eigenvalue weighted by molar-refractivity contribution is 0.191. The third-order valence-electron chi connectivity index (χ3n) is 4.75. The second-order valence-corrected chi connectivity index (χ2v) is 9.18. The molecule has 2 heterocycles. The molecular weight excluding hydrogens is 292 g/mol. The molecule has 0 spiro atoms. The Balaban J connectivity index is 1.66. The maximum absolute atomic E-state index is 4.48. The van der Waals surface area contributed by atoms with E-state index in [1.165, 1.54) is 44.6 Å². The van der Waals surface area contributed by atoms with Crippen molar-refractivity contribution in [3.05, 3.63) is 0 Å². The summed E-state index contributed by atoms with van der Waals surface area (Å²) >= 11 is 2.07. The second kappa shape index (κ2) is 8.44. The average Bonchev–Trinajstić information content (AvgIpc) is 2.48. The number of aliphatic imine (C=N–C) groups is 1. The molecule has 2 aliphatic heterocycles. The van der Waals surface area contributed by atoms with Crippen LogP contribution in [0, 0.1) is 5.92 Å². The molecule has 0 aromatic carbocycles. The monoisotopic (exact) mass is 326 g/mol. The van der Waals surface area contributed by atoms with E-state index in [0.717, 1.165) is 31.5 Å². The minimum Gasteiger partial charge on any atom is -0.356 e. The molecular formula is C17H34N4S. The summed E-state index contributed by atoms with van der Waals surface area (Å²) < 4.78 is 0.334. The van der Waals surface area contributed by atoms with Crippen LogP contribution in [-0.4, -0.2) is 72.6 Å². The van der Waals surface area contributed by atoms with Gasteiger partial charge < -0.3 is 15.1 Å². The molecule has 2 aliphatic rings. The predicted octanol–water partition coefficient (Wildman–Crippen LogP) is 2.51. The number of piperidine rings is 1. The number of likely N-dealkylation sites (tertiary alicyclic amines) is 1. The predicted molar refractivity (Wildman–Crippen MR) is 98.9 cm³/mol. The summed E-state index contributed by atoms with van der Waals surface area (Å²) in [5.41, 5.74) is 0. The van der Waals surface area contributed by atoms with Crippen molar-refractivity contribution in [2.45, 2.75) is 44.8 Å². The number of hydrogen-bond acceptors (Lipinski definition) is 3. The maximum atomic E-state index is 4.48. The quantitative estimate of drug-likeness (QED) is 0.489. The Morgan fingerprint density at radius 2 is 2.00 bits per heavy atom. The first-order chi connectivity index (χ1) is 10.5. The zero-order valence-corrected chi connectivity index (χ0v) is 15.7. The lowest BCUT2D eigenvalue weighted by Crippen LogP contribution is -2.51. The number of rotatable bonds is 4. The highest BCUT2D eigenvalue weighted by molar-refractivity contribution is 8.00. The maximum Gasteiger partial charge on any atom is 0.193 e. The molecule has 0 amide bonds. The van der Waals surface area contributed by atoms with Gasteiger partial charge in [0.1, 0.15) is 0 Å². The minimum absolute atomic E-state index is 0.334. The topological polar surface area (TPSA) is 30.9 Å². The third-order valence-corrected chi connectivity index (χ3v) is 6.04. The van der Waals surface area contributed by atoms with Gasteiger partial charge in [0, 0.05) is 37.2 Å². The summed E-state index contributed by atoms with van der Waals surface area (Å²) in [4.78, 5) is 9.51. The van der Waals surface area contributed by atoms with Gasteiger partial charge in [-0.25, -0.2) is 0 Å². The normalized spacial score (nSPS) is 24.5. The van der Waals surface area contributed by atoms with Crippen molar-refractivity contribution < 1.29 is 0 Å². The molecule has 0 aliphatic carbocycles. The van der Waals surface area contributed by atoms with E-state index in [4.69, 9.17) is 0 Å². The average molecular weight is 327 g/mol. The summed E-state index contributed by atoms with van der Waals surface area (Å²) in [6, 6.07) is 0. The van der Waals surface area contributed by atoms with Gasteiger partial charge in [0.25, 0.3) is 0 Å². The molecule has 1 N–H and O–H groups in total. The van der Waals surface area contributed by atoms with Gasteiger partial charge in [-0.1, -0.05) is 6.92 Å². The number of nitrogens with zero attached hydrogens (tertiary/aromatic N) is 3. The van der Waals surface area contributed by atoms with Gasteiger partial charge in [0.2, 0.25) is 0 Å². The summed E-state index contributed by atoms with van der Waals surface area (Å²) in [6.07, 6.45) is 3.95. The van der Waals surface area contributed by atoms with Gasteiger partial charge in [-0.3, -0.25) is 4.99 Å². The largest absolute Gasteiger partial charge is 0.356 e. The molecule has 0 bridgehead atoms. The molecule has 0 aromatic rings.